The van der Waals surface area contributed by atoms with Crippen molar-refractivity contribution in [3.05, 3.63) is 29.3 Å². The van der Waals surface area contributed by atoms with Crippen LogP contribution in [0.25, 0.3) is 0 Å². The molecule has 0 aliphatic heterocycles. The molecule has 0 aliphatic rings. The molecule has 0 amide bonds. The van der Waals surface area contributed by atoms with Crippen LogP contribution >= 0.6 is 0 Å². The molecule has 0 saturated carbocycles. The number of nitrogens with one attached hydrogen (secondary N) is 1. The summed E-state index contributed by atoms with van der Waals surface area (Å²) in [6.45, 7) is 4.14. The van der Waals surface area contributed by atoms with E-state index in [2.05, 4.69) is 4.72 Å². The first-order valence-corrected chi connectivity index (χ1v) is 7.58. The molecule has 1 aromatic rings. The summed E-state index contributed by atoms with van der Waals surface area (Å²) in [5.41, 5.74) is 0.502. The van der Waals surface area contributed by atoms with Gasteiger partial charge in [0.05, 0.1) is 10.5 Å². The van der Waals surface area contributed by atoms with E-state index in [0.717, 1.165) is 0 Å². The second kappa shape index (κ2) is 6.83. The number of methoxy groups -OCH3 is 1. The second-order valence-corrected chi connectivity index (χ2v) is 6.46. The van der Waals surface area contributed by atoms with Crippen LogP contribution < -0.4 is 4.72 Å². The molecule has 1 aromatic carbocycles. The topological polar surface area (TPSA) is 92.7 Å². The van der Waals surface area contributed by atoms with Crippen LogP contribution in [0.2, 0.25) is 0 Å². The van der Waals surface area contributed by atoms with Crippen molar-refractivity contribution in [1.82, 2.24) is 4.72 Å². The van der Waals surface area contributed by atoms with E-state index in [9.17, 15) is 13.2 Å². The lowest BCUT2D eigenvalue weighted by molar-refractivity contribution is 0.0696. The van der Waals surface area contributed by atoms with Gasteiger partial charge in [-0.3, -0.25) is 0 Å². The van der Waals surface area contributed by atoms with E-state index in [1.165, 1.54) is 18.2 Å². The van der Waals surface area contributed by atoms with Crippen molar-refractivity contribution in [3.8, 4) is 0 Å². The van der Waals surface area contributed by atoms with Crippen molar-refractivity contribution >= 4 is 16.0 Å². The predicted octanol–water partition coefficient (Wildman–Crippen LogP) is 1.25. The van der Waals surface area contributed by atoms with Crippen LogP contribution in [0.1, 0.15) is 22.8 Å². The van der Waals surface area contributed by atoms with Crippen LogP contribution in [0.5, 0.6) is 0 Å². The first-order valence-electron chi connectivity index (χ1n) is 6.10. The average molecular weight is 301 g/mol. The monoisotopic (exact) mass is 301 g/mol. The normalized spacial score (nSPS) is 13.2. The lowest BCUT2D eigenvalue weighted by Gasteiger charge is -2.12. The smallest absolute Gasteiger partial charge is 0.335 e. The summed E-state index contributed by atoms with van der Waals surface area (Å²) in [7, 11) is -2.17. The van der Waals surface area contributed by atoms with Gasteiger partial charge in [-0.05, 0) is 30.5 Å². The SMILES string of the molecule is COCC(C)CNS(=O)(=O)c1ccc(C)c(C(=O)O)c1. The third-order valence-corrected chi connectivity index (χ3v) is 4.24. The Bertz CT molecular complexity index is 582. The van der Waals surface area contributed by atoms with Crippen LogP contribution in [-0.4, -0.2) is 39.8 Å². The fourth-order valence-electron chi connectivity index (χ4n) is 1.68. The summed E-state index contributed by atoms with van der Waals surface area (Å²) in [5.74, 6) is -1.12. The molecule has 1 rings (SSSR count). The van der Waals surface area contributed by atoms with Crippen LogP contribution in [0, 0.1) is 12.8 Å². The second-order valence-electron chi connectivity index (χ2n) is 4.69. The molecular formula is C13H19NO5S. The van der Waals surface area contributed by atoms with Crippen molar-refractivity contribution in [2.24, 2.45) is 5.92 Å². The summed E-state index contributed by atoms with van der Waals surface area (Å²) in [4.78, 5) is 11.0. The molecular weight excluding hydrogens is 282 g/mol. The number of carboxylic acids is 1. The molecule has 7 heteroatoms. The summed E-state index contributed by atoms with van der Waals surface area (Å²) >= 11 is 0. The van der Waals surface area contributed by atoms with Gasteiger partial charge in [0, 0.05) is 20.3 Å². The molecule has 2 N–H and O–H groups in total. The van der Waals surface area contributed by atoms with E-state index < -0.39 is 16.0 Å². The summed E-state index contributed by atoms with van der Waals surface area (Å²) in [5, 5.41) is 9.01. The number of sulfonamides is 1. The Kier molecular flexibility index (Phi) is 5.67. The molecule has 20 heavy (non-hydrogen) atoms. The zero-order valence-electron chi connectivity index (χ0n) is 11.7. The molecule has 1 unspecified atom stereocenters. The highest BCUT2D eigenvalue weighted by molar-refractivity contribution is 7.89. The van der Waals surface area contributed by atoms with Crippen LogP contribution in [0.3, 0.4) is 0 Å². The van der Waals surface area contributed by atoms with E-state index in [1.54, 1.807) is 14.0 Å². The molecule has 112 valence electrons. The minimum atomic E-state index is -3.72. The Morgan fingerprint density at radius 3 is 2.65 bits per heavy atom. The van der Waals surface area contributed by atoms with Gasteiger partial charge < -0.3 is 9.84 Å². The molecule has 1 atom stereocenters. The Hall–Kier alpha value is -1.44. The molecule has 0 fully saturated rings. The average Bonchev–Trinajstić information content (AvgIpc) is 2.37. The maximum Gasteiger partial charge on any atom is 0.335 e. The van der Waals surface area contributed by atoms with Gasteiger partial charge in [0.1, 0.15) is 0 Å². The number of carboxylic acid groups (broad SMARTS) is 1. The Labute approximate surface area is 118 Å². The molecule has 0 aliphatic carbocycles. The minimum absolute atomic E-state index is 0.0159. The van der Waals surface area contributed by atoms with E-state index in [-0.39, 0.29) is 22.9 Å². The van der Waals surface area contributed by atoms with Gasteiger partial charge >= 0.3 is 5.97 Å². The van der Waals surface area contributed by atoms with Crippen LogP contribution in [-0.2, 0) is 14.8 Å². The van der Waals surface area contributed by atoms with Crippen molar-refractivity contribution < 1.29 is 23.1 Å². The van der Waals surface area contributed by atoms with Gasteiger partial charge in [0.2, 0.25) is 10.0 Å². The molecule has 6 nitrogen and oxygen atoms in total. The molecule has 0 saturated heterocycles. The summed E-state index contributed by atoms with van der Waals surface area (Å²) in [6.07, 6.45) is 0. The minimum Gasteiger partial charge on any atom is -0.478 e. The quantitative estimate of drug-likeness (QED) is 0.791. The van der Waals surface area contributed by atoms with E-state index >= 15 is 0 Å². The Morgan fingerprint density at radius 2 is 2.10 bits per heavy atom. The lowest BCUT2D eigenvalue weighted by Crippen LogP contribution is -2.30. The van der Waals surface area contributed by atoms with Crippen LogP contribution in [0.4, 0.5) is 0 Å². The van der Waals surface area contributed by atoms with Crippen molar-refractivity contribution in [1.29, 1.82) is 0 Å². The maximum atomic E-state index is 12.1. The van der Waals surface area contributed by atoms with Crippen molar-refractivity contribution in [2.75, 3.05) is 20.3 Å². The van der Waals surface area contributed by atoms with Crippen molar-refractivity contribution in [2.45, 2.75) is 18.7 Å². The third kappa shape index (κ3) is 4.29. The predicted molar refractivity (Wildman–Crippen MR) is 74.4 cm³/mol. The number of ether oxygens (including phenoxy) is 1. The van der Waals surface area contributed by atoms with Gasteiger partial charge in [0.15, 0.2) is 0 Å². The van der Waals surface area contributed by atoms with E-state index in [0.29, 0.717) is 12.2 Å². The number of hydrogen-bond donors (Lipinski definition) is 2. The van der Waals surface area contributed by atoms with Crippen molar-refractivity contribution in [3.63, 3.8) is 0 Å². The zero-order valence-corrected chi connectivity index (χ0v) is 12.5. The molecule has 0 radical (unpaired) electrons. The van der Waals surface area contributed by atoms with E-state index in [4.69, 9.17) is 9.84 Å². The first kappa shape index (κ1) is 16.6. The third-order valence-electron chi connectivity index (χ3n) is 2.82. The number of hydrogen-bond acceptors (Lipinski definition) is 4. The standard InChI is InChI=1S/C13H19NO5S/c1-9(8-19-3)7-14-20(17,18)11-5-4-10(2)12(6-11)13(15)16/h4-6,9,14H,7-8H2,1-3H3,(H,15,16). The largest absolute Gasteiger partial charge is 0.478 e. The number of aryl methyl sites for hydroxylation is 1. The van der Waals surface area contributed by atoms with Gasteiger partial charge in [-0.1, -0.05) is 13.0 Å². The highest BCUT2D eigenvalue weighted by atomic mass is 32.2. The molecule has 0 heterocycles. The fourth-order valence-corrected chi connectivity index (χ4v) is 2.87. The number of benzene rings is 1. The molecule has 0 bridgehead atoms. The number of aromatic carboxylic acids is 1. The number of rotatable bonds is 7. The Morgan fingerprint density at radius 1 is 1.45 bits per heavy atom. The van der Waals surface area contributed by atoms with Crippen LogP contribution in [0.15, 0.2) is 23.1 Å². The van der Waals surface area contributed by atoms with Gasteiger partial charge in [-0.2, -0.15) is 0 Å². The van der Waals surface area contributed by atoms with E-state index in [1.807, 2.05) is 6.92 Å². The Balaban J connectivity index is 2.93. The molecule has 0 spiro atoms. The fraction of sp³-hybridized carbons (Fsp3) is 0.462. The number of carbonyl (C=O) groups is 1. The summed E-state index contributed by atoms with van der Waals surface area (Å²) < 4.78 is 31.5. The van der Waals surface area contributed by atoms with Gasteiger partial charge in [-0.25, -0.2) is 17.9 Å². The highest BCUT2D eigenvalue weighted by Gasteiger charge is 2.18. The first-order chi connectivity index (χ1) is 9.27. The zero-order chi connectivity index (χ0) is 15.3. The summed E-state index contributed by atoms with van der Waals surface area (Å²) in [6, 6.07) is 4.04. The lowest BCUT2D eigenvalue weighted by atomic mass is 10.1. The highest BCUT2D eigenvalue weighted by Crippen LogP contribution is 2.15. The van der Waals surface area contributed by atoms with Gasteiger partial charge in [0.25, 0.3) is 0 Å². The maximum absolute atomic E-state index is 12.1. The van der Waals surface area contributed by atoms with Gasteiger partial charge in [-0.15, -0.1) is 0 Å². The molecule has 0 aromatic heterocycles.